The Morgan fingerprint density at radius 3 is 2.06 bits per heavy atom. The van der Waals surface area contributed by atoms with Crippen LogP contribution in [0.15, 0.2) is 12.1 Å². The highest BCUT2D eigenvalue weighted by atomic mass is 16.7. The highest BCUT2D eigenvalue weighted by Gasteiger charge is 2.19. The Morgan fingerprint density at radius 1 is 1.00 bits per heavy atom. The van der Waals surface area contributed by atoms with E-state index in [1.54, 1.807) is 13.8 Å². The van der Waals surface area contributed by atoms with E-state index >= 15 is 0 Å². The second-order valence-corrected chi connectivity index (χ2v) is 3.11. The Labute approximate surface area is 93.9 Å². The molecule has 0 aromatic heterocycles. The zero-order valence-corrected chi connectivity index (χ0v) is 9.30. The lowest BCUT2D eigenvalue weighted by atomic mass is 10.1. The Hall–Kier alpha value is -1.46. The summed E-state index contributed by atoms with van der Waals surface area (Å²) in [6.45, 7) is 4.41. The molecule has 0 aliphatic carbocycles. The molecule has 0 aliphatic rings. The molecule has 1 aromatic rings. The first-order chi connectivity index (χ1) is 7.61. The average Bonchev–Trinajstić information content (AvgIpc) is 2.26. The molecule has 0 atom stereocenters. The second-order valence-electron chi connectivity index (χ2n) is 3.11. The van der Waals surface area contributed by atoms with E-state index in [9.17, 15) is 15.3 Å². The first kappa shape index (κ1) is 12.6. The van der Waals surface area contributed by atoms with Crippen molar-refractivity contribution in [2.24, 2.45) is 0 Å². The Bertz CT molecular complexity index is 344. The van der Waals surface area contributed by atoms with Crippen LogP contribution in [0.3, 0.4) is 0 Å². The highest BCUT2D eigenvalue weighted by Crippen LogP contribution is 2.40. The summed E-state index contributed by atoms with van der Waals surface area (Å²) in [5, 5.41) is 28.2. The predicted octanol–water partition coefficient (Wildman–Crippen LogP) is 1.88. The Balaban J connectivity index is 3.04. The van der Waals surface area contributed by atoms with Crippen molar-refractivity contribution in [3.8, 4) is 17.2 Å². The van der Waals surface area contributed by atoms with Crippen molar-refractivity contribution < 1.29 is 24.8 Å². The first-order valence-corrected chi connectivity index (χ1v) is 5.08. The minimum Gasteiger partial charge on any atom is -0.504 e. The van der Waals surface area contributed by atoms with Gasteiger partial charge in [0.15, 0.2) is 17.8 Å². The van der Waals surface area contributed by atoms with E-state index < -0.39 is 17.8 Å². The molecule has 5 heteroatoms. The number of aromatic hydroxyl groups is 3. The first-order valence-electron chi connectivity index (χ1n) is 5.08. The molecule has 90 valence electrons. The van der Waals surface area contributed by atoms with Crippen molar-refractivity contribution >= 4 is 0 Å². The van der Waals surface area contributed by atoms with Gasteiger partial charge in [0, 0.05) is 13.2 Å². The van der Waals surface area contributed by atoms with Gasteiger partial charge in [-0.25, -0.2) is 0 Å². The van der Waals surface area contributed by atoms with Crippen molar-refractivity contribution in [3.05, 3.63) is 17.7 Å². The van der Waals surface area contributed by atoms with Crippen LogP contribution in [0.4, 0.5) is 0 Å². The van der Waals surface area contributed by atoms with E-state index in [4.69, 9.17) is 9.47 Å². The molecule has 1 rings (SSSR count). The number of phenolic OH excluding ortho intramolecular Hbond substituents is 3. The third kappa shape index (κ3) is 2.56. The highest BCUT2D eigenvalue weighted by molar-refractivity contribution is 5.53. The van der Waals surface area contributed by atoms with Crippen molar-refractivity contribution in [3.63, 3.8) is 0 Å². The van der Waals surface area contributed by atoms with Gasteiger partial charge < -0.3 is 24.8 Å². The smallest absolute Gasteiger partial charge is 0.200 e. The van der Waals surface area contributed by atoms with Crippen LogP contribution < -0.4 is 0 Å². The molecule has 0 unspecified atom stereocenters. The largest absolute Gasteiger partial charge is 0.504 e. The number of hydrogen-bond acceptors (Lipinski definition) is 5. The molecule has 0 amide bonds. The van der Waals surface area contributed by atoms with Crippen LogP contribution in [0.1, 0.15) is 25.7 Å². The van der Waals surface area contributed by atoms with E-state index in [-0.39, 0.29) is 5.75 Å². The maximum atomic E-state index is 9.63. The van der Waals surface area contributed by atoms with Crippen molar-refractivity contribution in [2.75, 3.05) is 13.2 Å². The van der Waals surface area contributed by atoms with Gasteiger partial charge in [0.25, 0.3) is 0 Å². The fourth-order valence-electron chi connectivity index (χ4n) is 1.31. The lowest BCUT2D eigenvalue weighted by Crippen LogP contribution is -2.09. The molecule has 0 spiro atoms. The molecule has 16 heavy (non-hydrogen) atoms. The predicted molar refractivity (Wildman–Crippen MR) is 57.4 cm³/mol. The summed E-state index contributed by atoms with van der Waals surface area (Å²) in [4.78, 5) is 0. The molecule has 0 radical (unpaired) electrons. The van der Waals surface area contributed by atoms with Crippen LogP contribution in [-0.2, 0) is 9.47 Å². The van der Waals surface area contributed by atoms with E-state index in [2.05, 4.69) is 0 Å². The Morgan fingerprint density at radius 2 is 1.56 bits per heavy atom. The molecular weight excluding hydrogens is 212 g/mol. The Kier molecular flexibility index (Phi) is 4.39. The summed E-state index contributed by atoms with van der Waals surface area (Å²) in [5.74, 6) is -1.37. The van der Waals surface area contributed by atoms with E-state index in [1.807, 2.05) is 0 Å². The van der Waals surface area contributed by atoms with Crippen LogP contribution in [0.5, 0.6) is 17.2 Å². The summed E-state index contributed by atoms with van der Waals surface area (Å²) in [7, 11) is 0. The van der Waals surface area contributed by atoms with Crippen molar-refractivity contribution in [1.82, 2.24) is 0 Å². The maximum absolute atomic E-state index is 9.63. The van der Waals surface area contributed by atoms with E-state index in [1.165, 1.54) is 12.1 Å². The van der Waals surface area contributed by atoms with Gasteiger partial charge in [-0.05, 0) is 26.0 Å². The minimum atomic E-state index is -0.749. The summed E-state index contributed by atoms with van der Waals surface area (Å²) >= 11 is 0. The third-order valence-electron chi connectivity index (χ3n) is 2.05. The van der Waals surface area contributed by atoms with Gasteiger partial charge in [-0.15, -0.1) is 0 Å². The number of ether oxygens (including phenoxy) is 2. The zero-order valence-electron chi connectivity index (χ0n) is 9.30. The lowest BCUT2D eigenvalue weighted by molar-refractivity contribution is -0.141. The zero-order chi connectivity index (χ0) is 12.1. The number of phenols is 3. The SMILES string of the molecule is CCOC(OCC)c1ccc(O)c(O)c1O. The topological polar surface area (TPSA) is 79.2 Å². The van der Waals surface area contributed by atoms with Crippen LogP contribution in [0.2, 0.25) is 0 Å². The molecule has 0 saturated heterocycles. The summed E-state index contributed by atoms with van der Waals surface area (Å²) < 4.78 is 10.5. The van der Waals surface area contributed by atoms with Gasteiger partial charge in [-0.1, -0.05) is 0 Å². The monoisotopic (exact) mass is 228 g/mol. The van der Waals surface area contributed by atoms with Crippen LogP contribution in [0, 0.1) is 0 Å². The fraction of sp³-hybridized carbons (Fsp3) is 0.455. The molecular formula is C11H16O5. The van der Waals surface area contributed by atoms with Gasteiger partial charge in [0.05, 0.1) is 5.56 Å². The molecule has 0 saturated carbocycles. The van der Waals surface area contributed by atoms with Crippen LogP contribution in [0.25, 0.3) is 0 Å². The average molecular weight is 228 g/mol. The normalized spacial score (nSPS) is 10.9. The fourth-order valence-corrected chi connectivity index (χ4v) is 1.31. The number of benzene rings is 1. The molecule has 5 nitrogen and oxygen atoms in total. The summed E-state index contributed by atoms with van der Waals surface area (Å²) in [6.07, 6.45) is -0.749. The third-order valence-corrected chi connectivity index (χ3v) is 2.05. The van der Waals surface area contributed by atoms with Gasteiger partial charge >= 0.3 is 0 Å². The van der Waals surface area contributed by atoms with Gasteiger partial charge in [0.1, 0.15) is 0 Å². The molecule has 0 fully saturated rings. The maximum Gasteiger partial charge on any atom is 0.200 e. The van der Waals surface area contributed by atoms with Gasteiger partial charge in [-0.2, -0.15) is 0 Å². The number of hydrogen-bond donors (Lipinski definition) is 3. The van der Waals surface area contributed by atoms with E-state index in [0.717, 1.165) is 0 Å². The molecule has 1 aromatic carbocycles. The van der Waals surface area contributed by atoms with Gasteiger partial charge in [0.2, 0.25) is 5.75 Å². The summed E-state index contributed by atoms with van der Waals surface area (Å²) in [5.41, 5.74) is 0.291. The number of rotatable bonds is 5. The van der Waals surface area contributed by atoms with E-state index in [0.29, 0.717) is 18.8 Å². The summed E-state index contributed by atoms with van der Waals surface area (Å²) in [6, 6.07) is 2.72. The molecule has 0 heterocycles. The van der Waals surface area contributed by atoms with Crippen molar-refractivity contribution in [2.45, 2.75) is 20.1 Å². The van der Waals surface area contributed by atoms with Gasteiger partial charge in [-0.3, -0.25) is 0 Å². The molecule has 0 bridgehead atoms. The standard InChI is InChI=1S/C11H16O5/c1-3-15-11(16-4-2)7-5-6-8(12)10(14)9(7)13/h5-6,11-14H,3-4H2,1-2H3. The molecule has 0 aliphatic heterocycles. The molecule has 3 N–H and O–H groups in total. The lowest BCUT2D eigenvalue weighted by Gasteiger charge is -2.18. The quantitative estimate of drug-likeness (QED) is 0.529. The minimum absolute atomic E-state index is 0.291. The van der Waals surface area contributed by atoms with Crippen LogP contribution >= 0.6 is 0 Å². The van der Waals surface area contributed by atoms with Crippen molar-refractivity contribution in [1.29, 1.82) is 0 Å². The van der Waals surface area contributed by atoms with Crippen LogP contribution in [-0.4, -0.2) is 28.5 Å². The second kappa shape index (κ2) is 5.58.